The Kier molecular flexibility index (Phi) is 5.62. The van der Waals surface area contributed by atoms with Crippen LogP contribution in [0.1, 0.15) is 37.8 Å². The first-order chi connectivity index (χ1) is 14.6. The second kappa shape index (κ2) is 8.50. The minimum Gasteiger partial charge on any atom is -0.459 e. The molecule has 3 N–H and O–H groups in total. The molecule has 2 aliphatic rings. The third-order valence-corrected chi connectivity index (χ3v) is 5.35. The van der Waals surface area contributed by atoms with Crippen LogP contribution in [-0.2, 0) is 0 Å². The summed E-state index contributed by atoms with van der Waals surface area (Å²) in [7, 11) is 0. The van der Waals surface area contributed by atoms with Gasteiger partial charge in [-0.05, 0) is 37.2 Å². The normalized spacial score (nSPS) is 17.3. The monoisotopic (exact) mass is 409 g/mol. The lowest BCUT2D eigenvalue weighted by Gasteiger charge is -2.34. The van der Waals surface area contributed by atoms with Crippen molar-refractivity contribution < 1.29 is 18.8 Å². The molecule has 0 saturated carbocycles. The molecular formula is C21H23N5O4. The Labute approximate surface area is 173 Å². The standard InChI is InChI=1S/C21H23N5O4/c22-16-18(19(27)14-4-1-6-23-17(14)20(16)28)24-7-3-8-25-9-11-26(12-10-25)21(29)15-5-2-13-30-15/h1-2,4-6,13,24H,3,7-12,22H2. The molecule has 0 unspecified atom stereocenters. The molecule has 9 heteroatoms. The Morgan fingerprint density at radius 1 is 1.13 bits per heavy atom. The van der Waals surface area contributed by atoms with Gasteiger partial charge in [0, 0.05) is 38.9 Å². The molecule has 0 atom stereocenters. The number of furan rings is 1. The number of piperazine rings is 1. The summed E-state index contributed by atoms with van der Waals surface area (Å²) in [5.74, 6) is -0.453. The summed E-state index contributed by atoms with van der Waals surface area (Å²) in [5, 5.41) is 3.03. The van der Waals surface area contributed by atoms with Crippen LogP contribution in [0.4, 0.5) is 0 Å². The number of ketones is 2. The van der Waals surface area contributed by atoms with Gasteiger partial charge in [0.25, 0.3) is 5.91 Å². The van der Waals surface area contributed by atoms with Crippen molar-refractivity contribution in [2.45, 2.75) is 6.42 Å². The fourth-order valence-corrected chi connectivity index (χ4v) is 3.69. The number of carbonyl (C=O) groups excluding carboxylic acids is 3. The summed E-state index contributed by atoms with van der Waals surface area (Å²) in [5.41, 5.74) is 6.33. The van der Waals surface area contributed by atoms with E-state index in [-0.39, 0.29) is 34.3 Å². The third kappa shape index (κ3) is 3.84. The van der Waals surface area contributed by atoms with E-state index in [0.29, 0.717) is 25.4 Å². The molecule has 0 spiro atoms. The van der Waals surface area contributed by atoms with Crippen molar-refractivity contribution in [2.75, 3.05) is 39.3 Å². The molecule has 1 aliphatic carbocycles. The van der Waals surface area contributed by atoms with E-state index < -0.39 is 5.78 Å². The summed E-state index contributed by atoms with van der Waals surface area (Å²) in [6, 6.07) is 6.59. The number of aromatic nitrogens is 1. The summed E-state index contributed by atoms with van der Waals surface area (Å²) in [6.07, 6.45) is 3.74. The Morgan fingerprint density at radius 2 is 1.93 bits per heavy atom. The Balaban J connectivity index is 1.24. The van der Waals surface area contributed by atoms with Gasteiger partial charge in [-0.15, -0.1) is 0 Å². The van der Waals surface area contributed by atoms with E-state index >= 15 is 0 Å². The van der Waals surface area contributed by atoms with Gasteiger partial charge in [-0.25, -0.2) is 0 Å². The quantitative estimate of drug-likeness (QED) is 0.668. The predicted octanol–water partition coefficient (Wildman–Crippen LogP) is 0.662. The van der Waals surface area contributed by atoms with Crippen LogP contribution in [0.5, 0.6) is 0 Å². The summed E-state index contributed by atoms with van der Waals surface area (Å²) < 4.78 is 5.18. The fourth-order valence-electron chi connectivity index (χ4n) is 3.69. The molecule has 1 aliphatic heterocycles. The van der Waals surface area contributed by atoms with Crippen LogP contribution in [0.25, 0.3) is 0 Å². The molecule has 3 heterocycles. The van der Waals surface area contributed by atoms with Gasteiger partial charge in [-0.2, -0.15) is 0 Å². The van der Waals surface area contributed by atoms with Crippen LogP contribution >= 0.6 is 0 Å². The molecule has 1 amide bonds. The van der Waals surface area contributed by atoms with Gasteiger partial charge in [0.05, 0.1) is 11.8 Å². The van der Waals surface area contributed by atoms with E-state index in [0.717, 1.165) is 26.1 Å². The highest BCUT2D eigenvalue weighted by molar-refractivity contribution is 6.25. The van der Waals surface area contributed by atoms with Gasteiger partial charge in [0.15, 0.2) is 5.76 Å². The number of fused-ring (bicyclic) bond motifs is 1. The number of amides is 1. The van der Waals surface area contributed by atoms with E-state index in [1.54, 1.807) is 29.2 Å². The summed E-state index contributed by atoms with van der Waals surface area (Å²) in [6.45, 7) is 4.14. The first-order valence-corrected chi connectivity index (χ1v) is 9.89. The Hall–Kier alpha value is -3.46. The maximum Gasteiger partial charge on any atom is 0.289 e. The highest BCUT2D eigenvalue weighted by Gasteiger charge is 2.31. The number of nitrogens with two attached hydrogens (primary N) is 1. The lowest BCUT2D eigenvalue weighted by molar-refractivity contribution is 0.0605. The predicted molar refractivity (Wildman–Crippen MR) is 108 cm³/mol. The van der Waals surface area contributed by atoms with Crippen molar-refractivity contribution in [3.8, 4) is 0 Å². The second-order valence-corrected chi connectivity index (χ2v) is 7.24. The third-order valence-electron chi connectivity index (χ3n) is 5.35. The number of carbonyl (C=O) groups is 3. The van der Waals surface area contributed by atoms with Crippen LogP contribution < -0.4 is 11.1 Å². The largest absolute Gasteiger partial charge is 0.459 e. The number of nitrogens with one attached hydrogen (secondary N) is 1. The summed E-state index contributed by atoms with van der Waals surface area (Å²) >= 11 is 0. The fraction of sp³-hybridized carbons (Fsp3) is 0.333. The van der Waals surface area contributed by atoms with Crippen molar-refractivity contribution in [2.24, 2.45) is 5.73 Å². The lowest BCUT2D eigenvalue weighted by Crippen LogP contribution is -2.49. The number of nitrogens with zero attached hydrogens (tertiary/aromatic N) is 3. The van der Waals surface area contributed by atoms with E-state index in [2.05, 4.69) is 15.2 Å². The van der Waals surface area contributed by atoms with Gasteiger partial charge in [-0.1, -0.05) is 0 Å². The van der Waals surface area contributed by atoms with Gasteiger partial charge in [0.1, 0.15) is 17.1 Å². The molecule has 9 nitrogen and oxygen atoms in total. The zero-order chi connectivity index (χ0) is 21.1. The second-order valence-electron chi connectivity index (χ2n) is 7.24. The molecule has 2 aromatic heterocycles. The van der Waals surface area contributed by atoms with E-state index in [9.17, 15) is 14.4 Å². The van der Waals surface area contributed by atoms with Crippen LogP contribution in [0.2, 0.25) is 0 Å². The van der Waals surface area contributed by atoms with Crippen LogP contribution in [-0.4, -0.2) is 71.5 Å². The number of pyridine rings is 1. The molecule has 0 aromatic carbocycles. The van der Waals surface area contributed by atoms with Crippen molar-refractivity contribution in [3.05, 3.63) is 65.1 Å². The van der Waals surface area contributed by atoms with Crippen LogP contribution in [0.3, 0.4) is 0 Å². The van der Waals surface area contributed by atoms with E-state index in [1.807, 2.05) is 0 Å². The molecule has 156 valence electrons. The highest BCUT2D eigenvalue weighted by atomic mass is 16.3. The van der Waals surface area contributed by atoms with Crippen LogP contribution in [0.15, 0.2) is 52.5 Å². The van der Waals surface area contributed by atoms with E-state index in [1.165, 1.54) is 12.5 Å². The summed E-state index contributed by atoms with van der Waals surface area (Å²) in [4.78, 5) is 45.3. The van der Waals surface area contributed by atoms with Crippen molar-refractivity contribution in [1.29, 1.82) is 0 Å². The van der Waals surface area contributed by atoms with Crippen LogP contribution in [0, 0.1) is 0 Å². The number of hydrogen-bond acceptors (Lipinski definition) is 8. The number of Topliss-reactive ketones (excluding diaryl/α,β-unsaturated/α-hetero) is 2. The SMILES string of the molecule is NC1=C(NCCCN2CCN(C(=O)c3ccco3)CC2)C(=O)c2cccnc2C1=O. The zero-order valence-electron chi connectivity index (χ0n) is 16.5. The molecule has 0 radical (unpaired) electrons. The number of allylic oxidation sites excluding steroid dienone is 2. The smallest absolute Gasteiger partial charge is 0.289 e. The van der Waals surface area contributed by atoms with Crippen molar-refractivity contribution >= 4 is 17.5 Å². The highest BCUT2D eigenvalue weighted by Crippen LogP contribution is 2.20. The minimum atomic E-state index is -0.426. The topological polar surface area (TPSA) is 122 Å². The lowest BCUT2D eigenvalue weighted by atomic mass is 9.94. The molecule has 30 heavy (non-hydrogen) atoms. The molecule has 1 fully saturated rings. The molecule has 0 bridgehead atoms. The van der Waals surface area contributed by atoms with Crippen molar-refractivity contribution in [1.82, 2.24) is 20.1 Å². The van der Waals surface area contributed by atoms with Gasteiger partial charge in [-0.3, -0.25) is 24.3 Å². The minimum absolute atomic E-state index is 0.0843. The number of hydrogen-bond donors (Lipinski definition) is 2. The van der Waals surface area contributed by atoms with E-state index in [4.69, 9.17) is 10.2 Å². The van der Waals surface area contributed by atoms with Crippen molar-refractivity contribution in [3.63, 3.8) is 0 Å². The molecule has 1 saturated heterocycles. The molecular weight excluding hydrogens is 386 g/mol. The Morgan fingerprint density at radius 3 is 2.67 bits per heavy atom. The average Bonchev–Trinajstić information content (AvgIpc) is 3.32. The number of rotatable bonds is 6. The maximum atomic E-state index is 12.6. The van der Waals surface area contributed by atoms with Gasteiger partial charge < -0.3 is 20.4 Å². The maximum absolute atomic E-state index is 12.6. The molecule has 4 rings (SSSR count). The van der Waals surface area contributed by atoms with Gasteiger partial charge >= 0.3 is 0 Å². The zero-order valence-corrected chi connectivity index (χ0v) is 16.5. The first-order valence-electron chi connectivity index (χ1n) is 9.89. The average molecular weight is 409 g/mol. The van der Waals surface area contributed by atoms with Gasteiger partial charge in [0.2, 0.25) is 11.6 Å². The molecule has 2 aromatic rings. The Bertz CT molecular complexity index is 991. The first kappa shape index (κ1) is 19.8.